The minimum absolute atomic E-state index is 0.00663. The van der Waals surface area contributed by atoms with Gasteiger partial charge in [-0.15, -0.1) is 0 Å². The van der Waals surface area contributed by atoms with Crippen LogP contribution in [0.15, 0.2) is 18.3 Å². The van der Waals surface area contributed by atoms with Gasteiger partial charge in [-0.3, -0.25) is 14.5 Å². The van der Waals surface area contributed by atoms with Crippen LogP contribution >= 0.6 is 11.6 Å². The summed E-state index contributed by atoms with van der Waals surface area (Å²) in [5.41, 5.74) is 0. The lowest BCUT2D eigenvalue weighted by molar-refractivity contribution is -0.137. The van der Waals surface area contributed by atoms with E-state index in [0.29, 0.717) is 17.4 Å². The van der Waals surface area contributed by atoms with E-state index in [1.54, 1.807) is 31.0 Å². The summed E-state index contributed by atoms with van der Waals surface area (Å²) < 4.78 is 0. The molecule has 1 rings (SSSR count). The number of carbonyl (C=O) groups excluding carboxylic acids is 1. The van der Waals surface area contributed by atoms with Crippen LogP contribution < -0.4 is 5.32 Å². The Morgan fingerprint density at radius 1 is 1.53 bits per heavy atom. The monoisotopic (exact) mass is 285 g/mol. The van der Waals surface area contributed by atoms with Gasteiger partial charge in [0.25, 0.3) is 0 Å². The van der Waals surface area contributed by atoms with Crippen LogP contribution in [0.1, 0.15) is 13.3 Å². The third-order valence-corrected chi connectivity index (χ3v) is 2.92. The molecule has 19 heavy (non-hydrogen) atoms. The third kappa shape index (κ3) is 5.23. The lowest BCUT2D eigenvalue weighted by atomic mass is 10.2. The maximum Gasteiger partial charge on any atom is 0.304 e. The minimum atomic E-state index is -0.890. The highest BCUT2D eigenvalue weighted by Crippen LogP contribution is 2.10. The second-order valence-corrected chi connectivity index (χ2v) is 4.59. The quantitative estimate of drug-likeness (QED) is 0.827. The molecule has 0 bridgehead atoms. The number of nitrogens with zero attached hydrogens (tertiary/aromatic N) is 2. The molecule has 1 amide bonds. The van der Waals surface area contributed by atoms with Gasteiger partial charge in [-0.05, 0) is 26.1 Å². The van der Waals surface area contributed by atoms with Gasteiger partial charge in [0, 0.05) is 12.7 Å². The molecule has 0 saturated heterocycles. The van der Waals surface area contributed by atoms with Crippen LogP contribution in [0.3, 0.4) is 0 Å². The number of hydrogen-bond acceptors (Lipinski definition) is 4. The van der Waals surface area contributed by atoms with Gasteiger partial charge in [-0.1, -0.05) is 11.6 Å². The fraction of sp³-hybridized carbons (Fsp3) is 0.417. The van der Waals surface area contributed by atoms with E-state index >= 15 is 0 Å². The molecule has 0 aromatic carbocycles. The summed E-state index contributed by atoms with van der Waals surface area (Å²) in [6, 6.07) is 2.78. The summed E-state index contributed by atoms with van der Waals surface area (Å²) in [4.78, 5) is 28.0. The van der Waals surface area contributed by atoms with E-state index in [9.17, 15) is 9.59 Å². The second-order valence-electron chi connectivity index (χ2n) is 4.15. The van der Waals surface area contributed by atoms with E-state index in [1.807, 2.05) is 0 Å². The Hall–Kier alpha value is -1.66. The Bertz CT molecular complexity index is 450. The summed E-state index contributed by atoms with van der Waals surface area (Å²) in [6.07, 6.45) is 1.43. The first kappa shape index (κ1) is 15.4. The number of carbonyl (C=O) groups is 2. The molecule has 0 aliphatic carbocycles. The van der Waals surface area contributed by atoms with Crippen molar-refractivity contribution < 1.29 is 14.7 Å². The summed E-state index contributed by atoms with van der Waals surface area (Å²) in [6.45, 7) is 2.01. The van der Waals surface area contributed by atoms with Crippen LogP contribution in [0.25, 0.3) is 0 Å². The number of aliphatic carboxylic acids is 1. The minimum Gasteiger partial charge on any atom is -0.481 e. The maximum absolute atomic E-state index is 11.9. The van der Waals surface area contributed by atoms with Crippen molar-refractivity contribution in [3.63, 3.8) is 0 Å². The lowest BCUT2D eigenvalue weighted by Crippen LogP contribution is -2.40. The predicted octanol–water partition coefficient (Wildman–Crippen LogP) is 1.47. The molecule has 7 heteroatoms. The van der Waals surface area contributed by atoms with Gasteiger partial charge in [-0.25, -0.2) is 4.98 Å². The molecule has 1 heterocycles. The van der Waals surface area contributed by atoms with Crippen molar-refractivity contribution in [2.75, 3.05) is 18.9 Å². The number of anilines is 1. The number of likely N-dealkylation sites (N-methyl/N-ethyl adjacent to an activating group) is 1. The van der Waals surface area contributed by atoms with Gasteiger partial charge >= 0.3 is 5.97 Å². The zero-order chi connectivity index (χ0) is 14.4. The first-order valence-electron chi connectivity index (χ1n) is 5.74. The van der Waals surface area contributed by atoms with Gasteiger partial charge in [0.2, 0.25) is 5.91 Å². The molecule has 0 saturated carbocycles. The van der Waals surface area contributed by atoms with Crippen LogP contribution in [-0.4, -0.2) is 46.5 Å². The number of hydrogen-bond donors (Lipinski definition) is 2. The van der Waals surface area contributed by atoms with Crippen molar-refractivity contribution in [1.29, 1.82) is 0 Å². The Morgan fingerprint density at radius 2 is 2.21 bits per heavy atom. The van der Waals surface area contributed by atoms with Gasteiger partial charge in [-0.2, -0.15) is 0 Å². The topological polar surface area (TPSA) is 82.5 Å². The van der Waals surface area contributed by atoms with Crippen LogP contribution in [0.4, 0.5) is 5.82 Å². The number of carboxylic acid groups (broad SMARTS) is 1. The van der Waals surface area contributed by atoms with Crippen LogP contribution in [0, 0.1) is 0 Å². The Morgan fingerprint density at radius 3 is 2.74 bits per heavy atom. The smallest absolute Gasteiger partial charge is 0.304 e. The third-order valence-electron chi connectivity index (χ3n) is 2.70. The Balaban J connectivity index is 2.52. The average Bonchev–Trinajstić information content (AvgIpc) is 2.37. The molecular weight excluding hydrogens is 270 g/mol. The molecule has 2 N–H and O–H groups in total. The first-order chi connectivity index (χ1) is 8.90. The molecule has 0 spiro atoms. The lowest BCUT2D eigenvalue weighted by Gasteiger charge is -2.22. The highest BCUT2D eigenvalue weighted by molar-refractivity contribution is 6.30. The van der Waals surface area contributed by atoms with Crippen LogP contribution in [0.2, 0.25) is 5.02 Å². The number of amides is 1. The van der Waals surface area contributed by atoms with E-state index in [4.69, 9.17) is 16.7 Å². The van der Waals surface area contributed by atoms with Crippen molar-refractivity contribution in [1.82, 2.24) is 9.88 Å². The zero-order valence-corrected chi connectivity index (χ0v) is 11.5. The zero-order valence-electron chi connectivity index (χ0n) is 10.8. The van der Waals surface area contributed by atoms with Crippen molar-refractivity contribution in [2.45, 2.75) is 19.4 Å². The van der Waals surface area contributed by atoms with Crippen molar-refractivity contribution in [3.8, 4) is 0 Å². The van der Waals surface area contributed by atoms with E-state index in [1.165, 1.54) is 6.20 Å². The molecule has 1 atom stereocenters. The number of aromatic nitrogens is 1. The SMILES string of the molecule is CC(C(=O)Nc1ccc(Cl)cn1)N(C)CCC(=O)O. The Labute approximate surface area is 116 Å². The highest BCUT2D eigenvalue weighted by Gasteiger charge is 2.18. The molecule has 0 fully saturated rings. The van der Waals surface area contributed by atoms with E-state index in [-0.39, 0.29) is 12.3 Å². The second kappa shape index (κ2) is 7.06. The molecule has 1 unspecified atom stereocenters. The molecular formula is C12H16ClN3O3. The normalized spacial score (nSPS) is 12.2. The number of nitrogens with one attached hydrogen (secondary N) is 1. The predicted molar refractivity (Wildman–Crippen MR) is 72.2 cm³/mol. The summed E-state index contributed by atoms with van der Waals surface area (Å²) in [5.74, 6) is -0.727. The van der Waals surface area contributed by atoms with Crippen LogP contribution in [0.5, 0.6) is 0 Å². The van der Waals surface area contributed by atoms with E-state index in [2.05, 4.69) is 10.3 Å². The van der Waals surface area contributed by atoms with Gasteiger partial charge in [0.15, 0.2) is 0 Å². The van der Waals surface area contributed by atoms with E-state index < -0.39 is 12.0 Å². The number of carboxylic acids is 1. The largest absolute Gasteiger partial charge is 0.481 e. The van der Waals surface area contributed by atoms with Crippen molar-refractivity contribution in [3.05, 3.63) is 23.4 Å². The number of rotatable bonds is 6. The van der Waals surface area contributed by atoms with E-state index in [0.717, 1.165) is 0 Å². The number of pyridine rings is 1. The molecule has 1 aromatic rings. The molecule has 0 aliphatic rings. The van der Waals surface area contributed by atoms with Crippen molar-refractivity contribution >= 4 is 29.3 Å². The van der Waals surface area contributed by atoms with Crippen molar-refractivity contribution in [2.24, 2.45) is 0 Å². The van der Waals surface area contributed by atoms with Gasteiger partial charge in [0.05, 0.1) is 17.5 Å². The van der Waals surface area contributed by atoms with Gasteiger partial charge < -0.3 is 10.4 Å². The molecule has 0 radical (unpaired) electrons. The molecule has 0 aliphatic heterocycles. The first-order valence-corrected chi connectivity index (χ1v) is 6.12. The fourth-order valence-corrected chi connectivity index (χ4v) is 1.46. The van der Waals surface area contributed by atoms with Crippen LogP contribution in [-0.2, 0) is 9.59 Å². The number of halogens is 1. The summed E-state index contributed by atoms with van der Waals surface area (Å²) in [5, 5.41) is 11.7. The highest BCUT2D eigenvalue weighted by atomic mass is 35.5. The maximum atomic E-state index is 11.9. The molecule has 6 nitrogen and oxygen atoms in total. The summed E-state index contributed by atoms with van der Waals surface area (Å²) in [7, 11) is 1.70. The molecule has 1 aromatic heterocycles. The standard InChI is InChI=1S/C12H16ClN3O3/c1-8(16(2)6-5-11(17)18)12(19)15-10-4-3-9(13)7-14-10/h3-4,7-8H,5-6H2,1-2H3,(H,17,18)(H,14,15,19). The molecule has 104 valence electrons. The fourth-order valence-electron chi connectivity index (χ4n) is 1.35. The van der Waals surface area contributed by atoms with Gasteiger partial charge in [0.1, 0.15) is 5.82 Å². The average molecular weight is 286 g/mol. The Kier molecular flexibility index (Phi) is 5.72. The summed E-state index contributed by atoms with van der Waals surface area (Å²) >= 11 is 5.69.